The number of nitrogens with one attached hydrogen (secondary N) is 1. The highest BCUT2D eigenvalue weighted by atomic mass is 16.5. The van der Waals surface area contributed by atoms with Gasteiger partial charge in [0.05, 0.1) is 7.11 Å². The lowest BCUT2D eigenvalue weighted by atomic mass is 9.82. The highest BCUT2D eigenvalue weighted by Gasteiger charge is 2.24. The van der Waals surface area contributed by atoms with Gasteiger partial charge in [-0.1, -0.05) is 316 Å². The topological polar surface area (TPSA) is 38.3 Å². The molecule has 458 valence electrons. The SMILES string of the molecule is CC1Cc2ccccc2C1C.CCC(C)(C)c1ccccc1.CCC(C)C(=O)NCc1ccccc1.CCC(C)c1ccc(OC)cc1.CCC(C)c1ccc2ccccc2c1.CCC(C)c1cccc2ccccc12.CCC(C)c1ccccc1. The van der Waals surface area contributed by atoms with Crippen LogP contribution in [0.15, 0.2) is 224 Å². The van der Waals surface area contributed by atoms with E-state index in [1.807, 2.05) is 56.3 Å². The van der Waals surface area contributed by atoms with Gasteiger partial charge in [0.2, 0.25) is 5.91 Å². The normalized spacial score (nSPS) is 14.6. The predicted molar refractivity (Wildman–Crippen MR) is 377 cm³/mol. The molecule has 1 amide bonds. The maximum Gasteiger partial charge on any atom is 0.223 e. The Morgan fingerprint density at radius 3 is 1.52 bits per heavy atom. The minimum atomic E-state index is 0.110. The molecule has 0 bridgehead atoms. The number of methoxy groups -OCH3 is 1. The first-order valence-electron chi connectivity index (χ1n) is 32.5. The Bertz CT molecular complexity index is 3220. The van der Waals surface area contributed by atoms with Gasteiger partial charge in [0.1, 0.15) is 5.75 Å². The molecular weight excluding hydrogens is 1040 g/mol. The molecule has 7 atom stereocenters. The van der Waals surface area contributed by atoms with Crippen LogP contribution in [0, 0.1) is 11.8 Å². The van der Waals surface area contributed by atoms with Gasteiger partial charge in [-0.05, 0) is 164 Å². The zero-order valence-electron chi connectivity index (χ0n) is 55.9. The van der Waals surface area contributed by atoms with E-state index in [2.05, 4.69) is 277 Å². The summed E-state index contributed by atoms with van der Waals surface area (Å²) in [4.78, 5) is 11.4. The van der Waals surface area contributed by atoms with Crippen LogP contribution >= 0.6 is 0 Å². The van der Waals surface area contributed by atoms with Gasteiger partial charge in [-0.25, -0.2) is 0 Å². The average Bonchev–Trinajstić information content (AvgIpc) is 3.88. The summed E-state index contributed by atoms with van der Waals surface area (Å²) in [7, 11) is 1.69. The summed E-state index contributed by atoms with van der Waals surface area (Å²) in [6.07, 6.45) is 8.18. The van der Waals surface area contributed by atoms with Gasteiger partial charge in [0.25, 0.3) is 0 Å². The van der Waals surface area contributed by atoms with E-state index in [4.69, 9.17) is 4.74 Å². The van der Waals surface area contributed by atoms with Gasteiger partial charge in [-0.2, -0.15) is 0 Å². The van der Waals surface area contributed by atoms with Crippen molar-refractivity contribution < 1.29 is 9.53 Å². The second-order valence-electron chi connectivity index (χ2n) is 24.4. The third-order valence-corrected chi connectivity index (χ3v) is 17.9. The summed E-state index contributed by atoms with van der Waals surface area (Å²) in [5, 5.41) is 8.35. The number of amides is 1. The quantitative estimate of drug-likeness (QED) is 0.111. The third kappa shape index (κ3) is 23.6. The first-order chi connectivity index (χ1) is 41.4. The molecule has 1 N–H and O–H groups in total. The Morgan fingerprint density at radius 1 is 0.488 bits per heavy atom. The monoisotopic (exact) mass is 1150 g/mol. The van der Waals surface area contributed by atoms with Gasteiger partial charge < -0.3 is 10.1 Å². The molecule has 0 radical (unpaired) electrons. The van der Waals surface area contributed by atoms with Crippen LogP contribution in [0.1, 0.15) is 216 Å². The Morgan fingerprint density at radius 2 is 0.965 bits per heavy atom. The molecule has 1 aliphatic rings. The minimum Gasteiger partial charge on any atom is -0.497 e. The molecule has 9 aromatic rings. The molecule has 0 saturated heterocycles. The zero-order chi connectivity index (χ0) is 62.9. The van der Waals surface area contributed by atoms with Crippen molar-refractivity contribution in [2.75, 3.05) is 7.11 Å². The Hall–Kier alpha value is -7.23. The fraction of sp³-hybridized carbons (Fsp3) is 0.386. The largest absolute Gasteiger partial charge is 0.497 e. The fourth-order valence-electron chi connectivity index (χ4n) is 10.1. The van der Waals surface area contributed by atoms with Gasteiger partial charge in [-0.15, -0.1) is 0 Å². The highest BCUT2D eigenvalue weighted by Crippen LogP contribution is 2.37. The van der Waals surface area contributed by atoms with E-state index in [-0.39, 0.29) is 11.8 Å². The van der Waals surface area contributed by atoms with E-state index in [0.29, 0.717) is 35.6 Å². The second-order valence-corrected chi connectivity index (χ2v) is 24.4. The van der Waals surface area contributed by atoms with Gasteiger partial charge >= 0.3 is 0 Å². The van der Waals surface area contributed by atoms with Crippen molar-refractivity contribution in [3.05, 3.63) is 269 Å². The van der Waals surface area contributed by atoms with Crippen molar-refractivity contribution in [2.45, 2.75) is 190 Å². The molecule has 3 heteroatoms. The van der Waals surface area contributed by atoms with E-state index in [9.17, 15) is 4.79 Å². The summed E-state index contributed by atoms with van der Waals surface area (Å²) < 4.78 is 5.08. The summed E-state index contributed by atoms with van der Waals surface area (Å²) in [6, 6.07) is 78.9. The number of hydrogen-bond donors (Lipinski definition) is 1. The van der Waals surface area contributed by atoms with Crippen LogP contribution in [0.5, 0.6) is 5.75 Å². The molecule has 0 aromatic heterocycles. The molecule has 0 heterocycles. The maximum absolute atomic E-state index is 11.4. The Balaban J connectivity index is 0.000000216. The first kappa shape index (κ1) is 71.3. The number of fused-ring (bicyclic) bond motifs is 3. The molecule has 86 heavy (non-hydrogen) atoms. The van der Waals surface area contributed by atoms with Gasteiger partial charge in [0.15, 0.2) is 0 Å². The first-order valence-corrected chi connectivity index (χ1v) is 32.5. The van der Waals surface area contributed by atoms with Crippen LogP contribution in [0.2, 0.25) is 0 Å². The van der Waals surface area contributed by atoms with E-state index in [1.165, 1.54) is 87.9 Å². The van der Waals surface area contributed by atoms with Crippen LogP contribution < -0.4 is 10.1 Å². The Kier molecular flexibility index (Phi) is 32.1. The van der Waals surface area contributed by atoms with Gasteiger partial charge in [0, 0.05) is 12.5 Å². The van der Waals surface area contributed by atoms with Crippen LogP contribution in [0.25, 0.3) is 21.5 Å². The van der Waals surface area contributed by atoms with E-state index in [1.54, 1.807) is 18.2 Å². The standard InChI is InChI=1S/2C14H16.C12H17NO.C11H16O.C11H14.C11H16.C10H14/c1-3-11(2)13-10-6-8-12-7-4-5-9-14(12)13;1-3-11(2)13-9-8-12-6-4-5-7-14(12)10-13;1-3-10(2)12(14)13-9-11-7-5-4-6-8-11;1-4-9(2)10-5-7-11(12-3)8-6-10;1-8-7-10-5-3-4-6-11(10)9(8)2;1-4-11(2,3)10-8-6-5-7-9-10;1-3-9(2)10-7-5-4-6-8-10/h2*4-11H,3H2,1-2H3;4-8,10H,3,9H2,1-2H3,(H,13,14);5-9H,4H2,1-3H3;3-6,8-9H,7H2,1-2H3;5-9H,4H2,1-3H3;4-9H,3H2,1-2H3. The number of carbonyl (C=O) groups is 1. The van der Waals surface area contributed by atoms with Crippen LogP contribution in [0.4, 0.5) is 0 Å². The smallest absolute Gasteiger partial charge is 0.223 e. The molecule has 10 rings (SSSR count). The third-order valence-electron chi connectivity index (χ3n) is 17.9. The van der Waals surface area contributed by atoms with Crippen molar-refractivity contribution in [3.63, 3.8) is 0 Å². The Labute approximate surface area is 523 Å². The molecular formula is C83H109NO2. The molecule has 0 saturated carbocycles. The molecule has 0 aliphatic heterocycles. The average molecular weight is 1150 g/mol. The predicted octanol–water partition coefficient (Wildman–Crippen LogP) is 23.8. The molecule has 3 nitrogen and oxygen atoms in total. The van der Waals surface area contributed by atoms with E-state index >= 15 is 0 Å². The molecule has 0 fully saturated rings. The number of benzene rings is 9. The molecule has 0 spiro atoms. The number of rotatable bonds is 15. The maximum atomic E-state index is 11.4. The van der Waals surface area contributed by atoms with Crippen molar-refractivity contribution in [1.29, 1.82) is 0 Å². The highest BCUT2D eigenvalue weighted by molar-refractivity contribution is 5.86. The zero-order valence-corrected chi connectivity index (χ0v) is 55.9. The van der Waals surface area contributed by atoms with Crippen molar-refractivity contribution in [1.82, 2.24) is 5.32 Å². The second kappa shape index (κ2) is 38.7. The van der Waals surface area contributed by atoms with Crippen molar-refractivity contribution in [2.24, 2.45) is 11.8 Å². The summed E-state index contributed by atoms with van der Waals surface area (Å²) in [5.74, 6) is 5.47. The summed E-state index contributed by atoms with van der Waals surface area (Å²) >= 11 is 0. The summed E-state index contributed by atoms with van der Waals surface area (Å²) in [5.41, 5.74) is 11.8. The minimum absolute atomic E-state index is 0.110. The summed E-state index contributed by atoms with van der Waals surface area (Å²) in [6.45, 7) is 34.0. The number of carbonyl (C=O) groups excluding carboxylic acids is 1. The lowest BCUT2D eigenvalue weighted by molar-refractivity contribution is -0.124. The molecule has 7 unspecified atom stereocenters. The van der Waals surface area contributed by atoms with Gasteiger partial charge in [-0.3, -0.25) is 4.79 Å². The van der Waals surface area contributed by atoms with E-state index < -0.39 is 0 Å². The molecule has 1 aliphatic carbocycles. The van der Waals surface area contributed by atoms with Crippen LogP contribution in [-0.2, 0) is 23.2 Å². The number of ether oxygens (including phenoxy) is 1. The fourth-order valence-corrected chi connectivity index (χ4v) is 10.1. The van der Waals surface area contributed by atoms with Crippen molar-refractivity contribution >= 4 is 27.5 Å². The van der Waals surface area contributed by atoms with Crippen molar-refractivity contribution in [3.8, 4) is 5.75 Å². The van der Waals surface area contributed by atoms with E-state index in [0.717, 1.165) is 29.6 Å². The molecule has 9 aromatic carbocycles. The number of hydrogen-bond acceptors (Lipinski definition) is 2. The van der Waals surface area contributed by atoms with Crippen LogP contribution in [0.3, 0.4) is 0 Å². The lowest BCUT2D eigenvalue weighted by Gasteiger charge is -2.22. The lowest BCUT2D eigenvalue weighted by Crippen LogP contribution is -2.28. The van der Waals surface area contributed by atoms with Crippen LogP contribution in [-0.4, -0.2) is 13.0 Å².